The maximum absolute atomic E-state index is 9.38. The monoisotopic (exact) mass is 219 g/mol. The average Bonchev–Trinajstić information content (AvgIpc) is 2.88. The van der Waals surface area contributed by atoms with Crippen LogP contribution in [0.1, 0.15) is 37.5 Å². The first-order valence-electron chi connectivity index (χ1n) is 5.71. The van der Waals surface area contributed by atoms with Gasteiger partial charge in [0.25, 0.3) is 0 Å². The smallest absolute Gasteiger partial charge is 0.0693 e. The summed E-state index contributed by atoms with van der Waals surface area (Å²) in [4.78, 5) is 1.37. The predicted molar refractivity (Wildman–Crippen MR) is 63.7 cm³/mol. The van der Waals surface area contributed by atoms with Gasteiger partial charge in [-0.1, -0.05) is 19.4 Å². The zero-order valence-electron chi connectivity index (χ0n) is 9.20. The summed E-state index contributed by atoms with van der Waals surface area (Å²) in [6, 6.07) is 6.82. The molecule has 1 aromatic heterocycles. The summed E-state index contributed by atoms with van der Waals surface area (Å²) in [5, 5.41) is 11.5. The van der Waals surface area contributed by atoms with Crippen molar-refractivity contribution in [3.63, 3.8) is 0 Å². The quantitative estimate of drug-likeness (QED) is 0.753. The Morgan fingerprint density at radius 1 is 1.67 bits per heavy atom. The van der Waals surface area contributed by atoms with Crippen LogP contribution in [0, 0.1) is 22.7 Å². The highest BCUT2D eigenvalue weighted by atomic mass is 32.1. The fourth-order valence-corrected chi connectivity index (χ4v) is 3.48. The van der Waals surface area contributed by atoms with Gasteiger partial charge < -0.3 is 0 Å². The van der Waals surface area contributed by atoms with E-state index in [9.17, 15) is 5.26 Å². The van der Waals surface area contributed by atoms with E-state index in [4.69, 9.17) is 0 Å². The molecule has 1 saturated carbocycles. The minimum Gasteiger partial charge on any atom is -0.198 e. The molecule has 1 heterocycles. The van der Waals surface area contributed by atoms with Crippen molar-refractivity contribution in [2.24, 2.45) is 11.3 Å². The molecule has 2 atom stereocenters. The lowest BCUT2D eigenvalue weighted by atomic mass is 9.82. The minimum atomic E-state index is -0.0501. The normalized spacial score (nSPS) is 30.3. The Kier molecular flexibility index (Phi) is 3.11. The summed E-state index contributed by atoms with van der Waals surface area (Å²) >= 11 is 1.78. The van der Waals surface area contributed by atoms with E-state index in [1.54, 1.807) is 11.3 Å². The predicted octanol–water partition coefficient (Wildman–Crippen LogP) is 4.01. The van der Waals surface area contributed by atoms with E-state index in [0.717, 1.165) is 25.2 Å². The first-order valence-corrected chi connectivity index (χ1v) is 6.59. The molecule has 2 rings (SSSR count). The fraction of sp³-hybridized carbons (Fsp3) is 0.615. The molecule has 0 N–H and O–H groups in total. The summed E-state index contributed by atoms with van der Waals surface area (Å²) in [5.74, 6) is 0.782. The lowest BCUT2D eigenvalue weighted by Gasteiger charge is -2.19. The third-order valence-electron chi connectivity index (χ3n) is 3.62. The third-order valence-corrected chi connectivity index (χ3v) is 4.49. The fourth-order valence-electron chi connectivity index (χ4n) is 2.63. The number of hydrogen-bond donors (Lipinski definition) is 0. The van der Waals surface area contributed by atoms with Crippen LogP contribution in [0.5, 0.6) is 0 Å². The molecule has 0 aliphatic heterocycles. The zero-order valence-corrected chi connectivity index (χ0v) is 10.0. The van der Waals surface area contributed by atoms with E-state index in [1.807, 2.05) is 0 Å². The van der Waals surface area contributed by atoms with Gasteiger partial charge in [-0.25, -0.2) is 0 Å². The Hall–Kier alpha value is -0.810. The molecule has 0 spiro atoms. The summed E-state index contributed by atoms with van der Waals surface area (Å²) in [5.41, 5.74) is -0.0501. The summed E-state index contributed by atoms with van der Waals surface area (Å²) < 4.78 is 0. The maximum atomic E-state index is 9.38. The molecule has 1 fully saturated rings. The standard InChI is InChI=1S/C13H17NS/c1-2-11-5-6-13(8-11,10-14)9-12-4-3-7-15-12/h3-4,7,11H,2,5-6,8-9H2,1H3. The van der Waals surface area contributed by atoms with Crippen LogP contribution < -0.4 is 0 Å². The molecule has 0 saturated heterocycles. The van der Waals surface area contributed by atoms with Crippen LogP contribution in [-0.2, 0) is 6.42 Å². The highest BCUT2D eigenvalue weighted by molar-refractivity contribution is 7.09. The van der Waals surface area contributed by atoms with Crippen molar-refractivity contribution < 1.29 is 0 Å². The second-order valence-corrected chi connectivity index (χ2v) is 5.70. The third kappa shape index (κ3) is 2.23. The second-order valence-electron chi connectivity index (χ2n) is 4.67. The molecule has 2 heteroatoms. The zero-order chi connectivity index (χ0) is 10.7. The summed E-state index contributed by atoms with van der Waals surface area (Å²) in [6.07, 6.45) is 5.65. The molecule has 15 heavy (non-hydrogen) atoms. The number of hydrogen-bond acceptors (Lipinski definition) is 2. The first kappa shape index (κ1) is 10.7. The van der Waals surface area contributed by atoms with Crippen LogP contribution in [0.2, 0.25) is 0 Å². The van der Waals surface area contributed by atoms with E-state index in [1.165, 1.54) is 17.7 Å². The molecule has 0 bridgehead atoms. The van der Waals surface area contributed by atoms with Gasteiger partial charge in [-0.2, -0.15) is 5.26 Å². The second kappa shape index (κ2) is 4.37. The van der Waals surface area contributed by atoms with Crippen molar-refractivity contribution in [3.05, 3.63) is 22.4 Å². The lowest BCUT2D eigenvalue weighted by molar-refractivity contribution is 0.383. The molecule has 2 unspecified atom stereocenters. The van der Waals surface area contributed by atoms with Gasteiger partial charge in [-0.3, -0.25) is 0 Å². The van der Waals surface area contributed by atoms with Crippen molar-refractivity contribution in [2.75, 3.05) is 0 Å². The van der Waals surface area contributed by atoms with Crippen molar-refractivity contribution in [1.82, 2.24) is 0 Å². The van der Waals surface area contributed by atoms with Crippen molar-refractivity contribution in [2.45, 2.75) is 39.0 Å². The molecular formula is C13H17NS. The Labute approximate surface area is 95.7 Å². The highest BCUT2D eigenvalue weighted by Crippen LogP contribution is 2.45. The lowest BCUT2D eigenvalue weighted by Crippen LogP contribution is -2.17. The van der Waals surface area contributed by atoms with Crippen LogP contribution in [0.3, 0.4) is 0 Å². The van der Waals surface area contributed by atoms with Gasteiger partial charge in [-0.05, 0) is 36.6 Å². The number of nitrogens with zero attached hydrogens (tertiary/aromatic N) is 1. The average molecular weight is 219 g/mol. The molecule has 1 aliphatic carbocycles. The largest absolute Gasteiger partial charge is 0.198 e. The molecule has 0 amide bonds. The molecular weight excluding hydrogens is 202 g/mol. The minimum absolute atomic E-state index is 0.0501. The first-order chi connectivity index (χ1) is 7.28. The Balaban J connectivity index is 2.08. The Morgan fingerprint density at radius 3 is 3.07 bits per heavy atom. The van der Waals surface area contributed by atoms with Crippen molar-refractivity contribution in [1.29, 1.82) is 5.26 Å². The van der Waals surface area contributed by atoms with Crippen molar-refractivity contribution in [3.8, 4) is 6.07 Å². The van der Waals surface area contributed by atoms with Gasteiger partial charge in [0.05, 0.1) is 11.5 Å². The SMILES string of the molecule is CCC1CCC(C#N)(Cc2cccs2)C1. The Bertz CT molecular complexity index is 349. The van der Waals surface area contributed by atoms with E-state index in [-0.39, 0.29) is 5.41 Å². The molecule has 0 aromatic carbocycles. The number of thiophene rings is 1. The van der Waals surface area contributed by atoms with Crippen LogP contribution in [0.4, 0.5) is 0 Å². The van der Waals surface area contributed by atoms with Crippen LogP contribution in [-0.4, -0.2) is 0 Å². The summed E-state index contributed by atoms with van der Waals surface area (Å²) in [7, 11) is 0. The van der Waals surface area contributed by atoms with Gasteiger partial charge in [0.2, 0.25) is 0 Å². The van der Waals surface area contributed by atoms with Gasteiger partial charge in [-0.15, -0.1) is 11.3 Å². The summed E-state index contributed by atoms with van der Waals surface area (Å²) in [6.45, 7) is 2.24. The Morgan fingerprint density at radius 2 is 2.53 bits per heavy atom. The number of nitriles is 1. The van der Waals surface area contributed by atoms with Gasteiger partial charge in [0.15, 0.2) is 0 Å². The highest BCUT2D eigenvalue weighted by Gasteiger charge is 2.38. The van der Waals surface area contributed by atoms with Crippen LogP contribution in [0.25, 0.3) is 0 Å². The van der Waals surface area contributed by atoms with Gasteiger partial charge in [0, 0.05) is 11.3 Å². The molecule has 1 nitrogen and oxygen atoms in total. The van der Waals surface area contributed by atoms with E-state index in [2.05, 4.69) is 30.5 Å². The molecule has 1 aliphatic rings. The molecule has 1 aromatic rings. The van der Waals surface area contributed by atoms with Gasteiger partial charge >= 0.3 is 0 Å². The topological polar surface area (TPSA) is 23.8 Å². The van der Waals surface area contributed by atoms with E-state index >= 15 is 0 Å². The van der Waals surface area contributed by atoms with E-state index < -0.39 is 0 Å². The van der Waals surface area contributed by atoms with E-state index in [0.29, 0.717) is 0 Å². The van der Waals surface area contributed by atoms with Gasteiger partial charge in [0.1, 0.15) is 0 Å². The number of rotatable bonds is 3. The van der Waals surface area contributed by atoms with Crippen LogP contribution >= 0.6 is 11.3 Å². The maximum Gasteiger partial charge on any atom is 0.0693 e. The van der Waals surface area contributed by atoms with Crippen molar-refractivity contribution >= 4 is 11.3 Å². The molecule has 0 radical (unpaired) electrons. The van der Waals surface area contributed by atoms with Crippen LogP contribution in [0.15, 0.2) is 17.5 Å². The molecule has 80 valence electrons.